The summed E-state index contributed by atoms with van der Waals surface area (Å²) in [7, 11) is 1.54. The molecule has 3 aliphatic rings. The number of nitrogens with zero attached hydrogens (tertiary/aromatic N) is 1. The first kappa shape index (κ1) is 30.9. The summed E-state index contributed by atoms with van der Waals surface area (Å²) >= 11 is 0. The molecule has 5 unspecified atom stereocenters. The quantitative estimate of drug-likeness (QED) is 0.150. The van der Waals surface area contributed by atoms with Crippen LogP contribution in [-0.4, -0.2) is 29.4 Å². The van der Waals surface area contributed by atoms with Gasteiger partial charge in [-0.3, -0.25) is 9.59 Å². The Morgan fingerprint density at radius 2 is 1.60 bits per heavy atom. The standard InChI is InChI=1S/C39H40N2O6/c1-5-26-28-20-38(6-2)19-27-29(40)17-18-30(45-21-24-13-9-7-10-14-24)32(27)34(42)33(38)36(43)39(28,44-4)23(3)31-35(26)47-41-37(31)46-22-25-15-11-8-12-16-25/h7-18,26,28,33H,3,5-6,19-22,40H2,1-2,4H3. The van der Waals surface area contributed by atoms with Crippen LogP contribution in [0.25, 0.3) is 5.57 Å². The Morgan fingerprint density at radius 3 is 2.21 bits per heavy atom. The van der Waals surface area contributed by atoms with Crippen molar-refractivity contribution in [3.05, 3.63) is 113 Å². The maximum absolute atomic E-state index is 15.2. The summed E-state index contributed by atoms with van der Waals surface area (Å²) in [6.07, 6.45) is 2.30. The smallest absolute Gasteiger partial charge is 0.262 e. The van der Waals surface area contributed by atoms with E-state index in [1.54, 1.807) is 19.2 Å². The number of ether oxygens (including phenoxy) is 3. The Labute approximate surface area is 274 Å². The summed E-state index contributed by atoms with van der Waals surface area (Å²) in [5.74, 6) is -0.719. The van der Waals surface area contributed by atoms with Gasteiger partial charge >= 0.3 is 0 Å². The van der Waals surface area contributed by atoms with Crippen molar-refractivity contribution in [3.63, 3.8) is 0 Å². The summed E-state index contributed by atoms with van der Waals surface area (Å²) in [6.45, 7) is 9.13. The second kappa shape index (κ2) is 11.8. The number of methoxy groups -OCH3 is 1. The van der Waals surface area contributed by atoms with Gasteiger partial charge in [-0.25, -0.2) is 0 Å². The first-order valence-corrected chi connectivity index (χ1v) is 16.4. The third kappa shape index (κ3) is 4.64. The van der Waals surface area contributed by atoms with Crippen LogP contribution in [0.15, 0.2) is 83.9 Å². The Bertz CT molecular complexity index is 1850. The van der Waals surface area contributed by atoms with Gasteiger partial charge in [0.1, 0.15) is 19.0 Å². The minimum atomic E-state index is -1.47. The van der Waals surface area contributed by atoms with Crippen LogP contribution in [0.3, 0.4) is 0 Å². The number of hydrogen-bond donors (Lipinski definition) is 1. The van der Waals surface area contributed by atoms with Crippen LogP contribution in [0.4, 0.5) is 5.69 Å². The van der Waals surface area contributed by atoms with Gasteiger partial charge < -0.3 is 24.5 Å². The van der Waals surface area contributed by atoms with Gasteiger partial charge in [-0.05, 0) is 65.1 Å². The van der Waals surface area contributed by atoms with E-state index in [1.165, 1.54) is 0 Å². The van der Waals surface area contributed by atoms with E-state index in [2.05, 4.69) is 25.6 Å². The van der Waals surface area contributed by atoms with E-state index < -0.39 is 16.9 Å². The molecule has 1 heterocycles. The van der Waals surface area contributed by atoms with Gasteiger partial charge in [0.2, 0.25) is 0 Å². The van der Waals surface area contributed by atoms with E-state index in [1.807, 2.05) is 60.7 Å². The lowest BCUT2D eigenvalue weighted by Crippen LogP contribution is -2.65. The van der Waals surface area contributed by atoms with Crippen molar-refractivity contribution in [3.8, 4) is 11.6 Å². The number of nitrogens with two attached hydrogens (primary N) is 1. The average molecular weight is 633 g/mol. The Morgan fingerprint density at radius 1 is 0.936 bits per heavy atom. The summed E-state index contributed by atoms with van der Waals surface area (Å²) in [5, 5.41) is 4.33. The highest BCUT2D eigenvalue weighted by atomic mass is 16.5. The molecule has 0 bridgehead atoms. The lowest BCUT2D eigenvalue weighted by molar-refractivity contribution is -0.161. The zero-order valence-electron chi connectivity index (χ0n) is 27.1. The molecule has 7 rings (SSSR count). The van der Waals surface area contributed by atoms with Crippen LogP contribution in [0.1, 0.15) is 77.4 Å². The second-order valence-corrected chi connectivity index (χ2v) is 13.1. The largest absolute Gasteiger partial charge is 0.488 e. The van der Waals surface area contributed by atoms with Gasteiger partial charge in [-0.2, -0.15) is 0 Å². The molecular weight excluding hydrogens is 592 g/mol. The van der Waals surface area contributed by atoms with E-state index >= 15 is 4.79 Å². The molecule has 47 heavy (non-hydrogen) atoms. The maximum atomic E-state index is 15.2. The zero-order valence-corrected chi connectivity index (χ0v) is 27.1. The summed E-state index contributed by atoms with van der Waals surface area (Å²) in [6, 6.07) is 23.1. The minimum absolute atomic E-state index is 0.209. The van der Waals surface area contributed by atoms with Crippen molar-refractivity contribution >= 4 is 22.8 Å². The Hall–Kier alpha value is -4.69. The first-order valence-electron chi connectivity index (χ1n) is 16.4. The predicted octanol–water partition coefficient (Wildman–Crippen LogP) is 7.36. The van der Waals surface area contributed by atoms with E-state index in [4.69, 9.17) is 24.5 Å². The molecule has 3 aromatic carbocycles. The average Bonchev–Trinajstić information content (AvgIpc) is 3.52. The lowest BCUT2D eigenvalue weighted by Gasteiger charge is -2.58. The number of carbonyl (C=O) groups excluding carboxylic acids is 2. The van der Waals surface area contributed by atoms with Crippen molar-refractivity contribution in [2.45, 2.75) is 64.3 Å². The molecule has 4 aromatic rings. The lowest BCUT2D eigenvalue weighted by atomic mass is 9.46. The Balaban J connectivity index is 1.31. The molecular formula is C39H40N2O6. The zero-order chi connectivity index (χ0) is 32.9. The van der Waals surface area contributed by atoms with E-state index in [0.717, 1.165) is 16.7 Å². The third-order valence-electron chi connectivity index (χ3n) is 10.9. The number of carbonyl (C=O) groups is 2. The van der Waals surface area contributed by atoms with Gasteiger partial charge in [0.25, 0.3) is 5.88 Å². The highest BCUT2D eigenvalue weighted by molar-refractivity contribution is 6.20. The molecule has 0 radical (unpaired) electrons. The van der Waals surface area contributed by atoms with Crippen molar-refractivity contribution in [1.82, 2.24) is 5.16 Å². The van der Waals surface area contributed by atoms with Crippen molar-refractivity contribution in [2.24, 2.45) is 17.3 Å². The van der Waals surface area contributed by atoms with Gasteiger partial charge in [0.15, 0.2) is 22.9 Å². The molecule has 5 atom stereocenters. The molecule has 0 aliphatic heterocycles. The highest BCUT2D eigenvalue weighted by Gasteiger charge is 2.69. The summed E-state index contributed by atoms with van der Waals surface area (Å²) in [4.78, 5) is 30.1. The molecule has 1 saturated carbocycles. The second-order valence-electron chi connectivity index (χ2n) is 13.1. The minimum Gasteiger partial charge on any atom is -0.488 e. The van der Waals surface area contributed by atoms with Crippen molar-refractivity contribution < 1.29 is 28.3 Å². The number of nitrogen functional groups attached to an aromatic ring is 1. The van der Waals surface area contributed by atoms with E-state index in [-0.39, 0.29) is 42.5 Å². The summed E-state index contributed by atoms with van der Waals surface area (Å²) in [5.41, 5.74) is 9.03. The molecule has 3 aliphatic carbocycles. The molecule has 242 valence electrons. The number of fused-ring (bicyclic) bond motifs is 4. The molecule has 8 heteroatoms. The van der Waals surface area contributed by atoms with E-state index in [9.17, 15) is 4.79 Å². The molecule has 8 nitrogen and oxygen atoms in total. The maximum Gasteiger partial charge on any atom is 0.262 e. The predicted molar refractivity (Wildman–Crippen MR) is 178 cm³/mol. The van der Waals surface area contributed by atoms with Crippen LogP contribution in [0, 0.1) is 17.3 Å². The number of hydrogen-bond acceptors (Lipinski definition) is 8. The summed E-state index contributed by atoms with van der Waals surface area (Å²) < 4.78 is 24.8. The topological polar surface area (TPSA) is 114 Å². The number of benzene rings is 3. The molecule has 1 aromatic heterocycles. The van der Waals surface area contributed by atoms with Crippen LogP contribution < -0.4 is 15.2 Å². The fourth-order valence-corrected chi connectivity index (χ4v) is 8.53. The van der Waals surface area contributed by atoms with Gasteiger partial charge in [0, 0.05) is 30.2 Å². The van der Waals surface area contributed by atoms with Crippen LogP contribution in [0.2, 0.25) is 0 Å². The van der Waals surface area contributed by atoms with Crippen molar-refractivity contribution in [1.29, 1.82) is 0 Å². The number of aromatic nitrogens is 1. The fraction of sp³-hybridized carbons (Fsp3) is 0.359. The monoisotopic (exact) mass is 632 g/mol. The van der Waals surface area contributed by atoms with Crippen molar-refractivity contribution in [2.75, 3.05) is 12.8 Å². The van der Waals surface area contributed by atoms with Gasteiger partial charge in [-0.15, -0.1) is 0 Å². The van der Waals surface area contributed by atoms with Gasteiger partial charge in [0.05, 0.1) is 17.0 Å². The molecule has 0 saturated heterocycles. The highest BCUT2D eigenvalue weighted by Crippen LogP contribution is 2.64. The van der Waals surface area contributed by atoms with Crippen LogP contribution in [0.5, 0.6) is 11.6 Å². The third-order valence-corrected chi connectivity index (χ3v) is 10.9. The van der Waals surface area contributed by atoms with E-state index in [0.29, 0.717) is 59.6 Å². The number of rotatable bonds is 9. The SMILES string of the molecule is C=C1c2c(OCc3ccccc3)noc2C(CC)C2CC3(CC)Cc4c(N)ccc(OCc5ccccc5)c4C(=O)C3C(=O)C12OC. The fourth-order valence-electron chi connectivity index (χ4n) is 8.53. The first-order chi connectivity index (χ1) is 22.8. The van der Waals surface area contributed by atoms with Crippen LogP contribution >= 0.6 is 0 Å². The molecule has 0 spiro atoms. The number of Topliss-reactive ketones (excluding diaryl/α,β-unsaturated/α-hetero) is 2. The molecule has 1 fully saturated rings. The molecule has 2 N–H and O–H groups in total. The van der Waals surface area contributed by atoms with Gasteiger partial charge in [-0.1, -0.05) is 81.1 Å². The van der Waals surface area contributed by atoms with Crippen LogP contribution in [-0.2, 0) is 29.2 Å². The normalized spacial score (nSPS) is 26.2. The number of ketones is 2. The Kier molecular flexibility index (Phi) is 7.79. The molecule has 0 amide bonds. The number of anilines is 1.